The lowest BCUT2D eigenvalue weighted by Crippen LogP contribution is -2.33. The normalized spacial score (nSPS) is 16.8. The van der Waals surface area contributed by atoms with Crippen molar-refractivity contribution < 1.29 is 4.79 Å². The molecule has 1 aromatic rings. The highest BCUT2D eigenvalue weighted by molar-refractivity contribution is 5.81. The van der Waals surface area contributed by atoms with Crippen LogP contribution in [0.5, 0.6) is 0 Å². The van der Waals surface area contributed by atoms with Crippen LogP contribution in [0.1, 0.15) is 6.42 Å². The summed E-state index contributed by atoms with van der Waals surface area (Å²) in [4.78, 5) is 17.5. The second-order valence-corrected chi connectivity index (χ2v) is 3.77. The summed E-state index contributed by atoms with van der Waals surface area (Å²) < 4.78 is 0. The fourth-order valence-corrected chi connectivity index (χ4v) is 1.65. The van der Waals surface area contributed by atoms with Gasteiger partial charge in [0.05, 0.1) is 12.2 Å². The predicted octanol–water partition coefficient (Wildman–Crippen LogP) is -0.428. The van der Waals surface area contributed by atoms with Crippen LogP contribution in [-0.4, -0.2) is 30.5 Å². The van der Waals surface area contributed by atoms with Gasteiger partial charge in [-0.05, 0) is 18.6 Å². The molecule has 2 heterocycles. The third-order valence-electron chi connectivity index (χ3n) is 2.53. The molecule has 0 spiro atoms. The number of carbonyl (C=O) groups is 1. The highest BCUT2D eigenvalue weighted by Crippen LogP contribution is 2.18. The molecule has 6 heteroatoms. The minimum absolute atomic E-state index is 0.00898. The van der Waals surface area contributed by atoms with Gasteiger partial charge in [-0.2, -0.15) is 0 Å². The first kappa shape index (κ1) is 10.5. The summed E-state index contributed by atoms with van der Waals surface area (Å²) in [7, 11) is 0. The van der Waals surface area contributed by atoms with Crippen LogP contribution in [-0.2, 0) is 4.79 Å². The van der Waals surface area contributed by atoms with Crippen molar-refractivity contribution >= 4 is 23.2 Å². The number of nitrogens with one attached hydrogen (secondary N) is 1. The van der Waals surface area contributed by atoms with Gasteiger partial charge in [0.2, 0.25) is 5.91 Å². The van der Waals surface area contributed by atoms with E-state index in [-0.39, 0.29) is 5.91 Å². The molecule has 1 saturated heterocycles. The van der Waals surface area contributed by atoms with Gasteiger partial charge in [-0.1, -0.05) is 0 Å². The topological polar surface area (TPSA) is 97.3 Å². The average Bonchev–Trinajstić information content (AvgIpc) is 2.47. The van der Waals surface area contributed by atoms with Gasteiger partial charge in [0.15, 0.2) is 0 Å². The minimum atomic E-state index is 0.00898. The van der Waals surface area contributed by atoms with E-state index in [1.54, 1.807) is 12.1 Å². The van der Waals surface area contributed by atoms with E-state index in [1.165, 1.54) is 0 Å². The van der Waals surface area contributed by atoms with Gasteiger partial charge in [0.1, 0.15) is 11.6 Å². The van der Waals surface area contributed by atoms with Crippen molar-refractivity contribution in [2.45, 2.75) is 6.42 Å². The Morgan fingerprint density at radius 2 is 2.19 bits per heavy atom. The lowest BCUT2D eigenvalue weighted by atomic mass is 10.3. The zero-order chi connectivity index (χ0) is 11.5. The van der Waals surface area contributed by atoms with E-state index in [0.717, 1.165) is 13.0 Å². The SMILES string of the molecule is Nc1ccc(N2CCCNC(=O)C2)nc1N. The van der Waals surface area contributed by atoms with Crippen molar-refractivity contribution in [3.63, 3.8) is 0 Å². The molecule has 1 fully saturated rings. The Bertz CT molecular complexity index is 406. The molecule has 86 valence electrons. The van der Waals surface area contributed by atoms with Crippen molar-refractivity contribution in [3.8, 4) is 0 Å². The third kappa shape index (κ3) is 2.16. The van der Waals surface area contributed by atoms with E-state index < -0.39 is 0 Å². The first-order chi connectivity index (χ1) is 7.66. The molecule has 0 saturated carbocycles. The molecule has 5 N–H and O–H groups in total. The molecule has 0 aliphatic carbocycles. The Kier molecular flexibility index (Phi) is 2.80. The first-order valence-corrected chi connectivity index (χ1v) is 5.20. The maximum Gasteiger partial charge on any atom is 0.239 e. The van der Waals surface area contributed by atoms with Crippen LogP contribution in [0.25, 0.3) is 0 Å². The molecule has 1 amide bonds. The average molecular weight is 221 g/mol. The van der Waals surface area contributed by atoms with Gasteiger partial charge >= 0.3 is 0 Å². The Morgan fingerprint density at radius 3 is 2.94 bits per heavy atom. The minimum Gasteiger partial charge on any atom is -0.396 e. The number of pyridine rings is 1. The highest BCUT2D eigenvalue weighted by Gasteiger charge is 2.16. The quantitative estimate of drug-likeness (QED) is 0.598. The summed E-state index contributed by atoms with van der Waals surface area (Å²) in [6.07, 6.45) is 0.900. The predicted molar refractivity (Wildman–Crippen MR) is 62.9 cm³/mol. The number of hydrogen-bond acceptors (Lipinski definition) is 5. The summed E-state index contributed by atoms with van der Waals surface area (Å²) in [6, 6.07) is 3.49. The van der Waals surface area contributed by atoms with E-state index in [1.807, 2.05) is 4.90 Å². The number of nitrogens with zero attached hydrogens (tertiary/aromatic N) is 2. The molecule has 16 heavy (non-hydrogen) atoms. The first-order valence-electron chi connectivity index (χ1n) is 5.20. The van der Waals surface area contributed by atoms with E-state index in [0.29, 0.717) is 30.4 Å². The second kappa shape index (κ2) is 4.26. The lowest BCUT2D eigenvalue weighted by Gasteiger charge is -2.20. The Labute approximate surface area is 93.6 Å². The second-order valence-electron chi connectivity index (χ2n) is 3.77. The van der Waals surface area contributed by atoms with Crippen molar-refractivity contribution in [1.82, 2.24) is 10.3 Å². The largest absolute Gasteiger partial charge is 0.396 e. The van der Waals surface area contributed by atoms with Crippen LogP contribution in [0.2, 0.25) is 0 Å². The van der Waals surface area contributed by atoms with Crippen LogP contribution < -0.4 is 21.7 Å². The van der Waals surface area contributed by atoms with Gasteiger partial charge in [0.25, 0.3) is 0 Å². The summed E-state index contributed by atoms with van der Waals surface area (Å²) in [5.74, 6) is 1.01. The molecule has 0 radical (unpaired) electrons. The number of carbonyl (C=O) groups excluding carboxylic acids is 1. The Morgan fingerprint density at radius 1 is 1.38 bits per heavy atom. The molecule has 0 atom stereocenters. The van der Waals surface area contributed by atoms with E-state index in [4.69, 9.17) is 11.5 Å². The third-order valence-corrected chi connectivity index (χ3v) is 2.53. The zero-order valence-electron chi connectivity index (χ0n) is 8.94. The van der Waals surface area contributed by atoms with Crippen LogP contribution in [0.15, 0.2) is 12.1 Å². The van der Waals surface area contributed by atoms with Gasteiger partial charge in [0, 0.05) is 13.1 Å². The van der Waals surface area contributed by atoms with Crippen molar-refractivity contribution in [2.24, 2.45) is 0 Å². The highest BCUT2D eigenvalue weighted by atomic mass is 16.2. The van der Waals surface area contributed by atoms with Crippen LogP contribution in [0.4, 0.5) is 17.3 Å². The van der Waals surface area contributed by atoms with Crippen molar-refractivity contribution in [1.29, 1.82) is 0 Å². The van der Waals surface area contributed by atoms with Crippen LogP contribution in [0.3, 0.4) is 0 Å². The van der Waals surface area contributed by atoms with Crippen molar-refractivity contribution in [2.75, 3.05) is 36.0 Å². The van der Waals surface area contributed by atoms with E-state index in [2.05, 4.69) is 10.3 Å². The molecule has 0 aromatic carbocycles. The molecule has 0 unspecified atom stereocenters. The number of rotatable bonds is 1. The Hall–Kier alpha value is -1.98. The number of nitrogens with two attached hydrogens (primary N) is 2. The van der Waals surface area contributed by atoms with Gasteiger partial charge in [-0.15, -0.1) is 0 Å². The zero-order valence-corrected chi connectivity index (χ0v) is 8.94. The van der Waals surface area contributed by atoms with E-state index in [9.17, 15) is 4.79 Å². The number of hydrogen-bond donors (Lipinski definition) is 3. The molecule has 1 aromatic heterocycles. The number of nitrogen functional groups attached to an aromatic ring is 2. The Balaban J connectivity index is 2.21. The maximum atomic E-state index is 11.4. The van der Waals surface area contributed by atoms with E-state index >= 15 is 0 Å². The molecule has 2 rings (SSSR count). The number of aromatic nitrogens is 1. The number of anilines is 3. The lowest BCUT2D eigenvalue weighted by molar-refractivity contribution is -0.119. The molecule has 1 aliphatic heterocycles. The summed E-state index contributed by atoms with van der Waals surface area (Å²) >= 11 is 0. The fourth-order valence-electron chi connectivity index (χ4n) is 1.65. The van der Waals surface area contributed by atoms with Crippen LogP contribution in [0, 0.1) is 0 Å². The summed E-state index contributed by atoms with van der Waals surface area (Å²) in [5.41, 5.74) is 11.7. The standard InChI is InChI=1S/C10H15N5O/c11-7-2-3-8(14-10(7)12)15-5-1-4-13-9(16)6-15/h2-3H,1,4-6,11H2,(H2,12,14)(H,13,16). The molecular formula is C10H15N5O. The summed E-state index contributed by atoms with van der Waals surface area (Å²) in [5, 5.41) is 2.81. The van der Waals surface area contributed by atoms with Crippen LogP contribution >= 0.6 is 0 Å². The van der Waals surface area contributed by atoms with Crippen molar-refractivity contribution in [3.05, 3.63) is 12.1 Å². The van der Waals surface area contributed by atoms with Gasteiger partial charge < -0.3 is 21.7 Å². The molecule has 6 nitrogen and oxygen atoms in total. The van der Waals surface area contributed by atoms with Gasteiger partial charge in [-0.3, -0.25) is 4.79 Å². The maximum absolute atomic E-state index is 11.4. The monoisotopic (exact) mass is 221 g/mol. The smallest absolute Gasteiger partial charge is 0.239 e. The molecule has 1 aliphatic rings. The summed E-state index contributed by atoms with van der Waals surface area (Å²) in [6.45, 7) is 1.81. The molecule has 0 bridgehead atoms. The number of amides is 1. The van der Waals surface area contributed by atoms with Gasteiger partial charge in [-0.25, -0.2) is 4.98 Å². The molecular weight excluding hydrogens is 206 g/mol. The fraction of sp³-hybridized carbons (Fsp3) is 0.400.